The van der Waals surface area contributed by atoms with E-state index >= 15 is 0 Å². The molecule has 1 aromatic carbocycles. The van der Waals surface area contributed by atoms with Gasteiger partial charge in [0, 0.05) is 12.1 Å². The van der Waals surface area contributed by atoms with Crippen molar-refractivity contribution >= 4 is 11.6 Å². The van der Waals surface area contributed by atoms with Gasteiger partial charge in [-0.05, 0) is 62.1 Å². The molecule has 0 saturated heterocycles. The van der Waals surface area contributed by atoms with E-state index in [1.807, 2.05) is 12.1 Å². The second-order valence-electron chi connectivity index (χ2n) is 5.74. The Morgan fingerprint density at radius 1 is 1.00 bits per heavy atom. The maximum Gasteiger partial charge on any atom is 0.229 e. The van der Waals surface area contributed by atoms with Gasteiger partial charge in [0.2, 0.25) is 11.6 Å². The van der Waals surface area contributed by atoms with Gasteiger partial charge in [-0.15, -0.1) is 0 Å². The highest BCUT2D eigenvalue weighted by molar-refractivity contribution is 6.46. The maximum absolute atomic E-state index is 11.3. The summed E-state index contributed by atoms with van der Waals surface area (Å²) < 4.78 is 0. The van der Waals surface area contributed by atoms with E-state index in [0.29, 0.717) is 18.5 Å². The number of aliphatic hydroxyl groups excluding tert-OH is 1. The number of benzene rings is 1. The predicted molar refractivity (Wildman–Crippen MR) is 87.3 cm³/mol. The molecule has 5 heteroatoms. The van der Waals surface area contributed by atoms with Crippen molar-refractivity contribution in [2.75, 3.05) is 6.54 Å². The van der Waals surface area contributed by atoms with Crippen molar-refractivity contribution in [3.05, 3.63) is 53.3 Å². The Morgan fingerprint density at radius 3 is 2.35 bits per heavy atom. The van der Waals surface area contributed by atoms with E-state index in [2.05, 4.69) is 12.2 Å². The van der Waals surface area contributed by atoms with Crippen LogP contribution in [0.25, 0.3) is 0 Å². The summed E-state index contributed by atoms with van der Waals surface area (Å²) >= 11 is 0. The summed E-state index contributed by atoms with van der Waals surface area (Å²) in [5.74, 6) is -1.12. The van der Waals surface area contributed by atoms with Gasteiger partial charge >= 0.3 is 0 Å². The number of rotatable bonds is 7. The lowest BCUT2D eigenvalue weighted by Gasteiger charge is -2.15. The Labute approximate surface area is 135 Å². The van der Waals surface area contributed by atoms with Crippen molar-refractivity contribution in [2.45, 2.75) is 32.2 Å². The maximum atomic E-state index is 11.3. The molecule has 1 aliphatic rings. The zero-order valence-electron chi connectivity index (χ0n) is 13.1. The van der Waals surface area contributed by atoms with Crippen LogP contribution in [0.15, 0.2) is 47.7 Å². The van der Waals surface area contributed by atoms with Gasteiger partial charge in [-0.1, -0.05) is 12.1 Å². The molecule has 23 heavy (non-hydrogen) atoms. The van der Waals surface area contributed by atoms with E-state index in [9.17, 15) is 19.8 Å². The summed E-state index contributed by atoms with van der Waals surface area (Å²) in [7, 11) is 0. The van der Waals surface area contributed by atoms with Gasteiger partial charge in [-0.2, -0.15) is 0 Å². The smallest absolute Gasteiger partial charge is 0.229 e. The molecule has 1 aromatic rings. The molecule has 3 N–H and O–H groups in total. The molecule has 0 spiro atoms. The minimum absolute atomic E-state index is 0.117. The Hall–Kier alpha value is -2.40. The Bertz CT molecular complexity index is 643. The molecule has 0 bridgehead atoms. The van der Waals surface area contributed by atoms with Crippen LogP contribution >= 0.6 is 0 Å². The third kappa shape index (κ3) is 5.07. The molecule has 1 unspecified atom stereocenters. The molecule has 1 atom stereocenters. The highest BCUT2D eigenvalue weighted by Gasteiger charge is 2.19. The number of phenols is 1. The van der Waals surface area contributed by atoms with E-state index in [-0.39, 0.29) is 17.6 Å². The molecular formula is C18H21NO4. The van der Waals surface area contributed by atoms with Gasteiger partial charge in [-0.25, -0.2) is 0 Å². The molecule has 5 nitrogen and oxygen atoms in total. The van der Waals surface area contributed by atoms with Crippen LogP contribution in [0.4, 0.5) is 0 Å². The molecule has 0 amide bonds. The fraction of sp³-hybridized carbons (Fsp3) is 0.333. The third-order valence-corrected chi connectivity index (χ3v) is 3.83. The van der Waals surface area contributed by atoms with Crippen LogP contribution in [0.5, 0.6) is 5.75 Å². The molecule has 2 rings (SSSR count). The highest BCUT2D eigenvalue weighted by atomic mass is 16.3. The summed E-state index contributed by atoms with van der Waals surface area (Å²) in [5, 5.41) is 22.2. The number of hydrogen-bond donors (Lipinski definition) is 3. The third-order valence-electron chi connectivity index (χ3n) is 3.83. The number of aryl methyl sites for hydroxylation is 1. The molecule has 0 radical (unpaired) electrons. The topological polar surface area (TPSA) is 86.6 Å². The zero-order chi connectivity index (χ0) is 16.8. The molecule has 1 aliphatic carbocycles. The number of allylic oxidation sites excluding steroid dienone is 3. The molecule has 122 valence electrons. The first-order chi connectivity index (χ1) is 11.0. The first kappa shape index (κ1) is 17.0. The summed E-state index contributed by atoms with van der Waals surface area (Å²) in [5.41, 5.74) is 1.66. The summed E-state index contributed by atoms with van der Waals surface area (Å²) in [4.78, 5) is 22.4. The van der Waals surface area contributed by atoms with Crippen molar-refractivity contribution in [1.29, 1.82) is 0 Å². The fourth-order valence-corrected chi connectivity index (χ4v) is 2.39. The number of hydrogen-bond acceptors (Lipinski definition) is 5. The Kier molecular flexibility index (Phi) is 5.71. The summed E-state index contributed by atoms with van der Waals surface area (Å²) in [6, 6.07) is 7.43. The first-order valence-corrected chi connectivity index (χ1v) is 7.67. The largest absolute Gasteiger partial charge is 0.508 e. The lowest BCUT2D eigenvalue weighted by atomic mass is 10.00. The fourth-order valence-electron chi connectivity index (χ4n) is 2.39. The standard InChI is InChI=1S/C18H21NO4/c1-12(2-3-13-4-6-15(20)7-5-13)19-9-8-14-10-17(22)18(23)11-16(14)21/h4-7,10-12,19-21H,2-3,8-9H2,1H3. The number of aromatic hydroxyl groups is 1. The van der Waals surface area contributed by atoms with E-state index < -0.39 is 11.6 Å². The molecule has 0 aliphatic heterocycles. The van der Waals surface area contributed by atoms with Gasteiger partial charge in [0.15, 0.2) is 0 Å². The molecule has 0 heterocycles. The normalized spacial score (nSPS) is 16.0. The van der Waals surface area contributed by atoms with Gasteiger partial charge in [0.25, 0.3) is 0 Å². The van der Waals surface area contributed by atoms with Crippen molar-refractivity contribution in [2.24, 2.45) is 0 Å². The number of ketones is 2. The van der Waals surface area contributed by atoms with Gasteiger partial charge in [0.1, 0.15) is 11.5 Å². The number of phenolic OH excluding ortho intramolecular Hbond substituents is 1. The minimum Gasteiger partial charge on any atom is -0.508 e. The number of nitrogens with one attached hydrogen (secondary N) is 1. The number of carbonyl (C=O) groups is 2. The summed E-state index contributed by atoms with van der Waals surface area (Å²) in [6.07, 6.45) is 4.51. The van der Waals surface area contributed by atoms with Crippen LogP contribution < -0.4 is 5.32 Å². The molecule has 0 saturated carbocycles. The van der Waals surface area contributed by atoms with E-state index in [0.717, 1.165) is 24.5 Å². The van der Waals surface area contributed by atoms with E-state index in [1.165, 1.54) is 6.08 Å². The first-order valence-electron chi connectivity index (χ1n) is 7.67. The minimum atomic E-state index is -0.679. The van der Waals surface area contributed by atoms with Gasteiger partial charge < -0.3 is 15.5 Å². The monoisotopic (exact) mass is 315 g/mol. The lowest BCUT2D eigenvalue weighted by molar-refractivity contribution is -0.131. The van der Waals surface area contributed by atoms with Crippen LogP contribution in [-0.2, 0) is 16.0 Å². The quantitative estimate of drug-likeness (QED) is 0.530. The zero-order valence-corrected chi connectivity index (χ0v) is 13.1. The molecular weight excluding hydrogens is 294 g/mol. The summed E-state index contributed by atoms with van der Waals surface area (Å²) in [6.45, 7) is 2.68. The highest BCUT2D eigenvalue weighted by Crippen LogP contribution is 2.16. The number of carbonyl (C=O) groups excluding carboxylic acids is 2. The van der Waals surface area contributed by atoms with Crippen molar-refractivity contribution in [3.63, 3.8) is 0 Å². The van der Waals surface area contributed by atoms with Gasteiger partial charge in [0.05, 0.1) is 0 Å². The number of aliphatic hydroxyl groups is 1. The SMILES string of the molecule is CC(CCc1ccc(O)cc1)NCCC1=CC(=O)C(=O)C=C1O. The van der Waals surface area contributed by atoms with Crippen LogP contribution in [-0.4, -0.2) is 34.4 Å². The van der Waals surface area contributed by atoms with Crippen LogP contribution in [0, 0.1) is 0 Å². The van der Waals surface area contributed by atoms with E-state index in [4.69, 9.17) is 0 Å². The van der Waals surface area contributed by atoms with E-state index in [1.54, 1.807) is 12.1 Å². The second-order valence-corrected chi connectivity index (χ2v) is 5.74. The Balaban J connectivity index is 1.72. The second kappa shape index (κ2) is 7.74. The van der Waals surface area contributed by atoms with Crippen molar-refractivity contribution in [3.8, 4) is 5.75 Å². The van der Waals surface area contributed by atoms with Crippen molar-refractivity contribution < 1.29 is 19.8 Å². The predicted octanol–water partition coefficient (Wildman–Crippen LogP) is 2.21. The molecule has 0 fully saturated rings. The average molecular weight is 315 g/mol. The van der Waals surface area contributed by atoms with Crippen LogP contribution in [0.2, 0.25) is 0 Å². The Morgan fingerprint density at radius 2 is 1.65 bits per heavy atom. The van der Waals surface area contributed by atoms with Gasteiger partial charge in [-0.3, -0.25) is 9.59 Å². The average Bonchev–Trinajstić information content (AvgIpc) is 2.52. The van der Waals surface area contributed by atoms with Crippen LogP contribution in [0.3, 0.4) is 0 Å². The molecule has 0 aromatic heterocycles. The van der Waals surface area contributed by atoms with Crippen LogP contribution in [0.1, 0.15) is 25.3 Å². The lowest BCUT2D eigenvalue weighted by Crippen LogP contribution is -2.28. The van der Waals surface area contributed by atoms with Crippen molar-refractivity contribution in [1.82, 2.24) is 5.32 Å².